The van der Waals surface area contributed by atoms with Crippen LogP contribution in [0.5, 0.6) is 0 Å². The van der Waals surface area contributed by atoms with Crippen molar-refractivity contribution < 1.29 is 5.11 Å². The third kappa shape index (κ3) is 4.61. The molecule has 4 nitrogen and oxygen atoms in total. The minimum atomic E-state index is 0.164. The van der Waals surface area contributed by atoms with E-state index < -0.39 is 0 Å². The maximum atomic E-state index is 9.08. The lowest BCUT2D eigenvalue weighted by atomic mass is 10.3. The van der Waals surface area contributed by atoms with Gasteiger partial charge >= 0.3 is 0 Å². The van der Waals surface area contributed by atoms with Gasteiger partial charge in [0.25, 0.3) is 0 Å². The summed E-state index contributed by atoms with van der Waals surface area (Å²) < 4.78 is 0. The summed E-state index contributed by atoms with van der Waals surface area (Å²) in [6.07, 6.45) is 2.27. The molecule has 0 saturated carbocycles. The molecule has 0 aromatic carbocycles. The molecular formula is C13H23N3O. The summed E-state index contributed by atoms with van der Waals surface area (Å²) in [7, 11) is 0. The molecule has 1 aromatic rings. The van der Waals surface area contributed by atoms with Crippen molar-refractivity contribution in [3.63, 3.8) is 0 Å². The highest BCUT2D eigenvalue weighted by molar-refractivity contribution is 5.46. The second-order valence-electron chi connectivity index (χ2n) is 3.98. The standard InChI is InChI=1S/C13H23N3O/c1-3-5-9-16(10-11-17)13-8-6-7-12(15-13)14-4-2/h6-8,17H,3-5,9-11H2,1-2H3,(H,14,15). The van der Waals surface area contributed by atoms with Gasteiger partial charge in [0.2, 0.25) is 0 Å². The molecule has 17 heavy (non-hydrogen) atoms. The summed E-state index contributed by atoms with van der Waals surface area (Å²) in [4.78, 5) is 6.67. The van der Waals surface area contributed by atoms with Crippen LogP contribution in [0, 0.1) is 0 Å². The molecule has 0 aliphatic carbocycles. The number of unbranched alkanes of at least 4 members (excludes halogenated alkanes) is 1. The molecule has 0 aliphatic rings. The Morgan fingerprint density at radius 2 is 2.12 bits per heavy atom. The first-order valence-corrected chi connectivity index (χ1v) is 6.38. The van der Waals surface area contributed by atoms with Crippen LogP contribution in [-0.4, -0.2) is 36.3 Å². The first-order valence-electron chi connectivity index (χ1n) is 6.38. The zero-order valence-electron chi connectivity index (χ0n) is 10.8. The van der Waals surface area contributed by atoms with Gasteiger partial charge in [-0.2, -0.15) is 0 Å². The molecule has 1 rings (SSSR count). The van der Waals surface area contributed by atoms with E-state index in [1.807, 2.05) is 18.2 Å². The van der Waals surface area contributed by atoms with E-state index in [0.717, 1.165) is 37.6 Å². The Balaban J connectivity index is 2.73. The van der Waals surface area contributed by atoms with Crippen LogP contribution in [0.2, 0.25) is 0 Å². The highest BCUT2D eigenvalue weighted by Crippen LogP contribution is 2.14. The van der Waals surface area contributed by atoms with Crippen molar-refractivity contribution in [1.29, 1.82) is 0 Å². The van der Waals surface area contributed by atoms with E-state index in [1.165, 1.54) is 0 Å². The Bertz CT molecular complexity index is 317. The van der Waals surface area contributed by atoms with Crippen molar-refractivity contribution in [3.05, 3.63) is 18.2 Å². The van der Waals surface area contributed by atoms with Crippen molar-refractivity contribution >= 4 is 11.6 Å². The molecule has 1 heterocycles. The first kappa shape index (κ1) is 13.8. The molecule has 4 heteroatoms. The molecule has 0 spiro atoms. The zero-order chi connectivity index (χ0) is 12.5. The van der Waals surface area contributed by atoms with Gasteiger partial charge in [0.05, 0.1) is 6.61 Å². The van der Waals surface area contributed by atoms with Crippen molar-refractivity contribution in [2.24, 2.45) is 0 Å². The Kier molecular flexibility index (Phi) is 6.40. The van der Waals surface area contributed by atoms with Gasteiger partial charge in [0, 0.05) is 19.6 Å². The average molecular weight is 237 g/mol. The maximum absolute atomic E-state index is 9.08. The van der Waals surface area contributed by atoms with Gasteiger partial charge in [-0.3, -0.25) is 0 Å². The van der Waals surface area contributed by atoms with Gasteiger partial charge in [-0.15, -0.1) is 0 Å². The van der Waals surface area contributed by atoms with Crippen LogP contribution in [0.1, 0.15) is 26.7 Å². The predicted octanol–water partition coefficient (Wildman–Crippen LogP) is 2.11. The summed E-state index contributed by atoms with van der Waals surface area (Å²) in [5.74, 6) is 1.83. The number of aromatic nitrogens is 1. The lowest BCUT2D eigenvalue weighted by molar-refractivity contribution is 0.301. The largest absolute Gasteiger partial charge is 0.395 e. The Morgan fingerprint density at radius 1 is 1.29 bits per heavy atom. The summed E-state index contributed by atoms with van der Waals surface area (Å²) >= 11 is 0. The maximum Gasteiger partial charge on any atom is 0.131 e. The van der Waals surface area contributed by atoms with E-state index >= 15 is 0 Å². The van der Waals surface area contributed by atoms with Gasteiger partial charge in [0.1, 0.15) is 11.6 Å². The van der Waals surface area contributed by atoms with Crippen LogP contribution < -0.4 is 10.2 Å². The molecule has 0 aliphatic heterocycles. The number of nitrogens with one attached hydrogen (secondary N) is 1. The SMILES string of the molecule is CCCCN(CCO)c1cccc(NCC)n1. The third-order valence-electron chi connectivity index (χ3n) is 2.57. The van der Waals surface area contributed by atoms with E-state index in [9.17, 15) is 0 Å². The van der Waals surface area contributed by atoms with Gasteiger partial charge in [0.15, 0.2) is 0 Å². The minimum absolute atomic E-state index is 0.164. The van der Waals surface area contributed by atoms with Crippen LogP contribution >= 0.6 is 0 Å². The number of nitrogens with zero attached hydrogens (tertiary/aromatic N) is 2. The number of rotatable bonds is 8. The Morgan fingerprint density at radius 3 is 2.76 bits per heavy atom. The van der Waals surface area contributed by atoms with Crippen LogP contribution in [0.25, 0.3) is 0 Å². The predicted molar refractivity (Wildman–Crippen MR) is 72.6 cm³/mol. The van der Waals surface area contributed by atoms with Gasteiger partial charge in [-0.05, 0) is 25.5 Å². The zero-order valence-corrected chi connectivity index (χ0v) is 10.8. The van der Waals surface area contributed by atoms with Crippen LogP contribution in [0.15, 0.2) is 18.2 Å². The molecule has 1 aromatic heterocycles. The van der Waals surface area contributed by atoms with Crippen LogP contribution in [0.3, 0.4) is 0 Å². The second kappa shape index (κ2) is 7.90. The molecule has 0 atom stereocenters. The van der Waals surface area contributed by atoms with E-state index in [0.29, 0.717) is 6.54 Å². The Hall–Kier alpha value is -1.29. The lowest BCUT2D eigenvalue weighted by Gasteiger charge is -2.23. The Labute approximate surface area is 104 Å². The van der Waals surface area contributed by atoms with Gasteiger partial charge < -0.3 is 15.3 Å². The fourth-order valence-corrected chi connectivity index (χ4v) is 1.69. The monoisotopic (exact) mass is 237 g/mol. The highest BCUT2D eigenvalue weighted by atomic mass is 16.3. The second-order valence-corrected chi connectivity index (χ2v) is 3.98. The number of aliphatic hydroxyl groups excluding tert-OH is 1. The molecule has 0 saturated heterocycles. The fraction of sp³-hybridized carbons (Fsp3) is 0.615. The smallest absolute Gasteiger partial charge is 0.131 e. The summed E-state index contributed by atoms with van der Waals surface area (Å²) in [5.41, 5.74) is 0. The number of hydrogen-bond acceptors (Lipinski definition) is 4. The minimum Gasteiger partial charge on any atom is -0.395 e. The highest BCUT2D eigenvalue weighted by Gasteiger charge is 2.07. The molecule has 2 N–H and O–H groups in total. The molecule has 96 valence electrons. The van der Waals surface area contributed by atoms with Crippen molar-refractivity contribution in [3.8, 4) is 0 Å². The summed E-state index contributed by atoms with van der Waals surface area (Å²) in [5, 5.41) is 12.3. The molecular weight excluding hydrogens is 214 g/mol. The average Bonchev–Trinajstić information content (AvgIpc) is 2.35. The van der Waals surface area contributed by atoms with Gasteiger partial charge in [-0.25, -0.2) is 4.98 Å². The number of hydrogen-bond donors (Lipinski definition) is 2. The fourth-order valence-electron chi connectivity index (χ4n) is 1.69. The first-order chi connectivity index (χ1) is 8.31. The molecule has 0 unspecified atom stereocenters. The van der Waals surface area contributed by atoms with Crippen molar-refractivity contribution in [2.75, 3.05) is 36.5 Å². The topological polar surface area (TPSA) is 48.4 Å². The number of aliphatic hydroxyl groups is 1. The molecule has 0 bridgehead atoms. The normalized spacial score (nSPS) is 10.3. The number of pyridine rings is 1. The molecule has 0 amide bonds. The summed E-state index contributed by atoms with van der Waals surface area (Å²) in [6, 6.07) is 5.95. The van der Waals surface area contributed by atoms with E-state index in [1.54, 1.807) is 0 Å². The lowest BCUT2D eigenvalue weighted by Crippen LogP contribution is -2.28. The third-order valence-corrected chi connectivity index (χ3v) is 2.57. The molecule has 0 fully saturated rings. The van der Waals surface area contributed by atoms with Gasteiger partial charge in [-0.1, -0.05) is 19.4 Å². The van der Waals surface area contributed by atoms with E-state index in [-0.39, 0.29) is 6.61 Å². The van der Waals surface area contributed by atoms with E-state index in [4.69, 9.17) is 5.11 Å². The summed E-state index contributed by atoms with van der Waals surface area (Å²) in [6.45, 7) is 6.83. The number of anilines is 2. The quantitative estimate of drug-likeness (QED) is 0.727. The van der Waals surface area contributed by atoms with Crippen molar-refractivity contribution in [1.82, 2.24) is 4.98 Å². The van der Waals surface area contributed by atoms with Crippen LogP contribution in [-0.2, 0) is 0 Å². The molecule has 0 radical (unpaired) electrons. The van der Waals surface area contributed by atoms with E-state index in [2.05, 4.69) is 29.0 Å². The van der Waals surface area contributed by atoms with Crippen molar-refractivity contribution in [2.45, 2.75) is 26.7 Å². The van der Waals surface area contributed by atoms with Crippen LogP contribution in [0.4, 0.5) is 11.6 Å².